The van der Waals surface area contributed by atoms with Crippen molar-refractivity contribution in [2.45, 2.75) is 19.4 Å². The van der Waals surface area contributed by atoms with Crippen molar-refractivity contribution in [2.24, 2.45) is 5.92 Å². The topological polar surface area (TPSA) is 26.3 Å². The Bertz CT molecular complexity index is 263. The van der Waals surface area contributed by atoms with Crippen LogP contribution >= 0.6 is 0 Å². The Hall–Kier alpha value is -1.05. The molecule has 1 heterocycles. The molecule has 0 N–H and O–H groups in total. The highest BCUT2D eigenvalue weighted by Gasteiger charge is 2.41. The van der Waals surface area contributed by atoms with Gasteiger partial charge in [0.05, 0.1) is 0 Å². The van der Waals surface area contributed by atoms with Gasteiger partial charge >= 0.3 is 5.97 Å². The summed E-state index contributed by atoms with van der Waals surface area (Å²) in [6.45, 7) is 5.74. The number of carbonyl (C=O) groups excluding carboxylic acids is 1. The van der Waals surface area contributed by atoms with Gasteiger partial charge in [-0.3, -0.25) is 0 Å². The number of hydrogen-bond acceptors (Lipinski definition) is 2. The van der Waals surface area contributed by atoms with Gasteiger partial charge in [0.15, 0.2) is 0 Å². The maximum Gasteiger partial charge on any atom is 0.334 e. The summed E-state index contributed by atoms with van der Waals surface area (Å²) in [4.78, 5) is 11.0. The van der Waals surface area contributed by atoms with Gasteiger partial charge in [-0.15, -0.1) is 0 Å². The lowest BCUT2D eigenvalue weighted by Gasteiger charge is -2.07. The Kier molecular flexibility index (Phi) is 1.19. The van der Waals surface area contributed by atoms with Gasteiger partial charge in [-0.2, -0.15) is 0 Å². The van der Waals surface area contributed by atoms with Gasteiger partial charge < -0.3 is 4.74 Å². The van der Waals surface area contributed by atoms with E-state index in [9.17, 15) is 4.79 Å². The molecule has 1 aliphatic heterocycles. The van der Waals surface area contributed by atoms with Crippen LogP contribution in [0.4, 0.5) is 0 Å². The fourth-order valence-electron chi connectivity index (χ4n) is 1.81. The van der Waals surface area contributed by atoms with Gasteiger partial charge in [-0.1, -0.05) is 18.2 Å². The number of esters is 1. The molecule has 0 saturated carbocycles. The van der Waals surface area contributed by atoms with Gasteiger partial charge in [0.25, 0.3) is 0 Å². The first-order chi connectivity index (χ1) is 5.20. The minimum absolute atomic E-state index is 0.0648. The average molecular weight is 150 g/mol. The minimum Gasteiger partial charge on any atom is -0.458 e. The number of hydrogen-bond donors (Lipinski definition) is 0. The third kappa shape index (κ3) is 0.754. The van der Waals surface area contributed by atoms with Crippen molar-refractivity contribution >= 4 is 5.97 Å². The zero-order valence-corrected chi connectivity index (χ0v) is 6.46. The van der Waals surface area contributed by atoms with Crippen LogP contribution in [0.2, 0.25) is 0 Å². The molecule has 0 radical (unpaired) electrons. The molecule has 0 spiro atoms. The second kappa shape index (κ2) is 1.97. The predicted molar refractivity (Wildman–Crippen MR) is 40.9 cm³/mol. The van der Waals surface area contributed by atoms with Crippen LogP contribution in [0.3, 0.4) is 0 Å². The first-order valence-electron chi connectivity index (χ1n) is 3.76. The van der Waals surface area contributed by atoms with E-state index in [0.717, 1.165) is 6.42 Å². The predicted octanol–water partition coefficient (Wildman–Crippen LogP) is 1.43. The first-order valence-corrected chi connectivity index (χ1v) is 3.76. The molecule has 1 fully saturated rings. The summed E-state index contributed by atoms with van der Waals surface area (Å²) in [5.41, 5.74) is 1.85. The Morgan fingerprint density at radius 3 is 3.09 bits per heavy atom. The quantitative estimate of drug-likeness (QED) is 0.296. The molecule has 2 heteroatoms. The highest BCUT2D eigenvalue weighted by atomic mass is 16.6. The van der Waals surface area contributed by atoms with E-state index in [0.29, 0.717) is 5.57 Å². The summed E-state index contributed by atoms with van der Waals surface area (Å²) in [5.74, 6) is -0.0325. The van der Waals surface area contributed by atoms with E-state index in [1.807, 2.05) is 6.92 Å². The van der Waals surface area contributed by atoms with Crippen LogP contribution in [0.15, 0.2) is 23.8 Å². The average Bonchev–Trinajstić information content (AvgIpc) is 2.41. The van der Waals surface area contributed by atoms with Crippen LogP contribution in [0, 0.1) is 5.92 Å². The van der Waals surface area contributed by atoms with Crippen LogP contribution in [0.25, 0.3) is 0 Å². The van der Waals surface area contributed by atoms with E-state index in [1.54, 1.807) is 0 Å². The fraction of sp³-hybridized carbons (Fsp3) is 0.444. The third-order valence-corrected chi connectivity index (χ3v) is 2.43. The number of rotatable bonds is 0. The molecule has 1 saturated heterocycles. The molecule has 0 bridgehead atoms. The Morgan fingerprint density at radius 1 is 1.73 bits per heavy atom. The monoisotopic (exact) mass is 150 g/mol. The van der Waals surface area contributed by atoms with Gasteiger partial charge in [0.2, 0.25) is 0 Å². The zero-order chi connectivity index (χ0) is 8.01. The van der Waals surface area contributed by atoms with E-state index in [1.165, 1.54) is 5.57 Å². The molecule has 0 aromatic heterocycles. The first kappa shape index (κ1) is 6.65. The van der Waals surface area contributed by atoms with E-state index in [4.69, 9.17) is 4.74 Å². The highest BCUT2D eigenvalue weighted by Crippen LogP contribution is 2.39. The normalized spacial score (nSPS) is 35.2. The maximum atomic E-state index is 11.0. The van der Waals surface area contributed by atoms with E-state index in [2.05, 4.69) is 12.7 Å². The van der Waals surface area contributed by atoms with Crippen LogP contribution in [-0.4, -0.2) is 12.1 Å². The molecule has 2 unspecified atom stereocenters. The lowest BCUT2D eigenvalue weighted by atomic mass is 9.95. The van der Waals surface area contributed by atoms with Crippen molar-refractivity contribution in [1.29, 1.82) is 0 Å². The van der Waals surface area contributed by atoms with E-state index < -0.39 is 0 Å². The highest BCUT2D eigenvalue weighted by molar-refractivity contribution is 5.91. The summed E-state index contributed by atoms with van der Waals surface area (Å²) in [7, 11) is 0. The van der Waals surface area contributed by atoms with Gasteiger partial charge in [-0.25, -0.2) is 4.79 Å². The maximum absolute atomic E-state index is 11.0. The van der Waals surface area contributed by atoms with Crippen molar-refractivity contribution in [1.82, 2.24) is 0 Å². The van der Waals surface area contributed by atoms with Crippen LogP contribution in [-0.2, 0) is 9.53 Å². The molecule has 2 rings (SSSR count). The van der Waals surface area contributed by atoms with Crippen molar-refractivity contribution < 1.29 is 9.53 Å². The molecule has 58 valence electrons. The van der Waals surface area contributed by atoms with Crippen LogP contribution in [0.1, 0.15) is 13.3 Å². The second-order valence-electron chi connectivity index (χ2n) is 3.13. The van der Waals surface area contributed by atoms with Crippen molar-refractivity contribution in [3.8, 4) is 0 Å². The smallest absolute Gasteiger partial charge is 0.334 e. The number of fused-ring (bicyclic) bond motifs is 1. The summed E-state index contributed by atoms with van der Waals surface area (Å²) in [5, 5.41) is 0. The minimum atomic E-state index is -0.215. The summed E-state index contributed by atoms with van der Waals surface area (Å²) < 4.78 is 5.08. The van der Waals surface area contributed by atoms with Crippen molar-refractivity contribution in [3.05, 3.63) is 23.8 Å². The molecular formula is C9H10O2. The van der Waals surface area contributed by atoms with Gasteiger partial charge in [0, 0.05) is 17.9 Å². The van der Waals surface area contributed by atoms with E-state index >= 15 is 0 Å². The zero-order valence-electron chi connectivity index (χ0n) is 6.46. The lowest BCUT2D eigenvalue weighted by Crippen LogP contribution is -2.10. The largest absolute Gasteiger partial charge is 0.458 e. The second-order valence-corrected chi connectivity index (χ2v) is 3.13. The Balaban J connectivity index is 2.34. The van der Waals surface area contributed by atoms with Crippen LogP contribution < -0.4 is 0 Å². The molecule has 2 atom stereocenters. The molecule has 2 nitrogen and oxygen atoms in total. The number of ether oxygens (including phenoxy) is 1. The fourth-order valence-corrected chi connectivity index (χ4v) is 1.81. The molecule has 0 amide bonds. The standard InChI is InChI=1S/C9H10O2/c1-5-3-4-7-8(5)6(2)9(10)11-7/h3,7-8H,2,4H2,1H3. The molecule has 1 aliphatic carbocycles. The third-order valence-electron chi connectivity index (χ3n) is 2.43. The molecule has 2 aliphatic rings. The summed E-state index contributed by atoms with van der Waals surface area (Å²) in [6.07, 6.45) is 3.05. The lowest BCUT2D eigenvalue weighted by molar-refractivity contribution is -0.138. The van der Waals surface area contributed by atoms with Gasteiger partial charge in [-0.05, 0) is 6.92 Å². The SMILES string of the molecule is C=C1C(=O)OC2CC=C(C)C12. The van der Waals surface area contributed by atoms with Gasteiger partial charge in [0.1, 0.15) is 6.10 Å². The van der Waals surface area contributed by atoms with E-state index in [-0.39, 0.29) is 18.0 Å². The molecular weight excluding hydrogens is 140 g/mol. The van der Waals surface area contributed by atoms with Crippen molar-refractivity contribution in [3.63, 3.8) is 0 Å². The van der Waals surface area contributed by atoms with Crippen LogP contribution in [0.5, 0.6) is 0 Å². The summed E-state index contributed by atoms with van der Waals surface area (Å²) >= 11 is 0. The molecule has 0 aromatic rings. The Morgan fingerprint density at radius 2 is 2.45 bits per heavy atom. The van der Waals surface area contributed by atoms with Crippen molar-refractivity contribution in [2.75, 3.05) is 0 Å². The molecule has 11 heavy (non-hydrogen) atoms. The summed E-state index contributed by atoms with van der Waals surface area (Å²) in [6, 6.07) is 0. The number of carbonyl (C=O) groups is 1. The Labute approximate surface area is 65.5 Å². The molecule has 0 aromatic carbocycles.